The fraction of sp³-hybridized carbons (Fsp3) is 0.650. The number of nitrogens with one attached hydrogen (secondary N) is 1. The first-order chi connectivity index (χ1) is 28.1. The van der Waals surface area contributed by atoms with Crippen LogP contribution in [0.2, 0.25) is 0 Å². The number of methoxy groups -OCH3 is 1. The number of aliphatic hydroxyl groups excluding tert-OH is 1. The van der Waals surface area contributed by atoms with Gasteiger partial charge in [-0.1, -0.05) is 19.1 Å². The molecule has 17 heteroatoms. The second-order valence-electron chi connectivity index (χ2n) is 13.0. The van der Waals surface area contributed by atoms with Gasteiger partial charge < -0.3 is 58.0 Å². The van der Waals surface area contributed by atoms with E-state index in [2.05, 4.69) is 38.0 Å². The summed E-state index contributed by atoms with van der Waals surface area (Å²) < 4.78 is 50.5. The van der Waals surface area contributed by atoms with Crippen molar-refractivity contribution < 1.29 is 52.5 Å². The van der Waals surface area contributed by atoms with Gasteiger partial charge in [0, 0.05) is 55.7 Å². The number of rotatable bonds is 32. The Kier molecular flexibility index (Phi) is 22.8. The molecular formula is C40H62N6O11. The van der Waals surface area contributed by atoms with Gasteiger partial charge in [0.25, 0.3) is 0 Å². The highest BCUT2D eigenvalue weighted by atomic mass is 16.6. The van der Waals surface area contributed by atoms with Crippen molar-refractivity contribution in [2.24, 2.45) is 0 Å². The van der Waals surface area contributed by atoms with E-state index in [1.165, 1.54) is 19.6 Å². The smallest absolute Gasteiger partial charge is 0.330 e. The Morgan fingerprint density at radius 1 is 0.860 bits per heavy atom. The molecule has 2 N–H and O–H groups in total. The number of hydrogen-bond donors (Lipinski definition) is 2. The van der Waals surface area contributed by atoms with E-state index in [-0.39, 0.29) is 12.6 Å². The van der Waals surface area contributed by atoms with Crippen LogP contribution in [0, 0.1) is 0 Å². The monoisotopic (exact) mass is 802 g/mol. The first-order valence-corrected chi connectivity index (χ1v) is 20.0. The number of aromatic nitrogens is 4. The number of anilines is 2. The molecule has 57 heavy (non-hydrogen) atoms. The number of esters is 1. The number of carbonyl (C=O) groups is 1. The predicted molar refractivity (Wildman–Crippen MR) is 213 cm³/mol. The minimum absolute atomic E-state index is 0.172. The van der Waals surface area contributed by atoms with Crippen LogP contribution in [0.5, 0.6) is 5.88 Å². The molecule has 318 valence electrons. The van der Waals surface area contributed by atoms with Gasteiger partial charge in [0.15, 0.2) is 5.65 Å². The van der Waals surface area contributed by atoms with E-state index in [9.17, 15) is 9.90 Å². The van der Waals surface area contributed by atoms with Crippen LogP contribution >= 0.6 is 0 Å². The van der Waals surface area contributed by atoms with E-state index < -0.39 is 5.97 Å². The third-order valence-corrected chi connectivity index (χ3v) is 8.95. The van der Waals surface area contributed by atoms with Gasteiger partial charge in [-0.15, -0.1) is 0 Å². The van der Waals surface area contributed by atoms with Crippen LogP contribution < -0.4 is 15.0 Å². The van der Waals surface area contributed by atoms with E-state index in [0.717, 1.165) is 60.6 Å². The Labute approximate surface area is 335 Å². The summed E-state index contributed by atoms with van der Waals surface area (Å²) in [4.78, 5) is 22.8. The summed E-state index contributed by atoms with van der Waals surface area (Å²) >= 11 is 0. The maximum atomic E-state index is 10.9. The summed E-state index contributed by atoms with van der Waals surface area (Å²) in [7, 11) is 1.33. The molecule has 1 atom stereocenters. The topological polar surface area (TPSA) is 179 Å². The molecule has 0 amide bonds. The second kappa shape index (κ2) is 28.5. The molecule has 0 saturated carbocycles. The zero-order valence-corrected chi connectivity index (χ0v) is 33.6. The molecule has 0 aromatic carbocycles. The molecule has 0 unspecified atom stereocenters. The number of aryl methyl sites for hydroxylation is 1. The Balaban J connectivity index is 0.963. The van der Waals surface area contributed by atoms with Crippen LogP contribution in [0.4, 0.5) is 11.6 Å². The molecule has 4 heterocycles. The quantitative estimate of drug-likeness (QED) is 0.0534. The number of ether oxygens (including phenoxy) is 9. The third-order valence-electron chi connectivity index (χ3n) is 8.95. The number of carbonyl (C=O) groups excluding carboxylic acids is 1. The highest BCUT2D eigenvalue weighted by molar-refractivity contribution is 5.81. The molecule has 1 aliphatic heterocycles. The highest BCUT2D eigenvalue weighted by Gasteiger charge is 2.25. The normalized spacial score (nSPS) is 14.5. The molecular weight excluding hydrogens is 740 g/mol. The van der Waals surface area contributed by atoms with E-state index in [1.807, 2.05) is 22.8 Å². The number of nitrogens with zero attached hydrogens (tertiary/aromatic N) is 5. The van der Waals surface area contributed by atoms with Crippen LogP contribution in [0.25, 0.3) is 5.65 Å². The van der Waals surface area contributed by atoms with Crippen LogP contribution in [0.15, 0.2) is 42.7 Å². The fourth-order valence-corrected chi connectivity index (χ4v) is 5.95. The first-order valence-electron chi connectivity index (χ1n) is 20.0. The SMILES string of the molecule is CCc1cnn2c(NCc3ccc(OCCOCCOCCOCCOCCOCCOCCOC/C=C/C(=O)OC)nc3)cc(N3CCCC[C@H]3CCO)nc12. The van der Waals surface area contributed by atoms with Crippen LogP contribution in [0.1, 0.15) is 43.7 Å². The summed E-state index contributed by atoms with van der Waals surface area (Å²) in [6, 6.07) is 6.20. The zero-order chi connectivity index (χ0) is 40.2. The van der Waals surface area contributed by atoms with E-state index in [0.29, 0.717) is 112 Å². The lowest BCUT2D eigenvalue weighted by Crippen LogP contribution is -2.40. The second-order valence-corrected chi connectivity index (χ2v) is 13.0. The minimum Gasteiger partial charge on any atom is -0.475 e. The predicted octanol–water partition coefficient (Wildman–Crippen LogP) is 3.26. The van der Waals surface area contributed by atoms with E-state index in [4.69, 9.17) is 42.9 Å². The van der Waals surface area contributed by atoms with Crippen molar-refractivity contribution in [1.29, 1.82) is 0 Å². The standard InChI is InChI=1S/C40H62N6O11/c1-3-34-32-43-46-36(29-37(44-40(34)46)45-12-5-4-7-35(45)11-13-47)41-30-33-9-10-38(42-31-33)57-28-27-56-26-25-55-24-23-54-22-21-53-20-19-52-18-17-51-16-15-50-14-6-8-39(48)49-2/h6,8-10,29,31-32,35,41,47H,3-5,7,11-28,30H2,1-2H3/b8-6+/t35-/m0/s1. The zero-order valence-electron chi connectivity index (χ0n) is 33.6. The van der Waals surface area contributed by atoms with Crippen molar-refractivity contribution >= 4 is 23.3 Å². The van der Waals surface area contributed by atoms with Crippen molar-refractivity contribution in [1.82, 2.24) is 19.6 Å². The number of fused-ring (bicyclic) bond motifs is 1. The summed E-state index contributed by atoms with van der Waals surface area (Å²) in [5.74, 6) is 1.91. The maximum Gasteiger partial charge on any atom is 0.330 e. The molecule has 1 saturated heterocycles. The molecule has 3 aromatic rings. The minimum atomic E-state index is -0.407. The fourth-order valence-electron chi connectivity index (χ4n) is 5.95. The third kappa shape index (κ3) is 17.6. The lowest BCUT2D eigenvalue weighted by molar-refractivity contribution is -0.134. The molecule has 0 bridgehead atoms. The van der Waals surface area contributed by atoms with Crippen LogP contribution in [-0.2, 0) is 55.7 Å². The largest absolute Gasteiger partial charge is 0.475 e. The van der Waals surface area contributed by atoms with Crippen molar-refractivity contribution in [3.63, 3.8) is 0 Å². The van der Waals surface area contributed by atoms with Gasteiger partial charge >= 0.3 is 5.97 Å². The van der Waals surface area contributed by atoms with Crippen LogP contribution in [0.3, 0.4) is 0 Å². The average molecular weight is 803 g/mol. The molecule has 4 rings (SSSR count). The van der Waals surface area contributed by atoms with Gasteiger partial charge in [0.2, 0.25) is 5.88 Å². The van der Waals surface area contributed by atoms with Crippen molar-refractivity contribution in [3.8, 4) is 5.88 Å². The molecule has 1 aliphatic rings. The number of hydrogen-bond acceptors (Lipinski definition) is 16. The Morgan fingerprint density at radius 3 is 2.07 bits per heavy atom. The lowest BCUT2D eigenvalue weighted by atomic mass is 9.99. The van der Waals surface area contributed by atoms with Crippen molar-refractivity contribution in [2.75, 3.05) is 130 Å². The summed E-state index contributed by atoms with van der Waals surface area (Å²) in [6.07, 6.45) is 11.5. The van der Waals surface area contributed by atoms with E-state index in [1.54, 1.807) is 12.3 Å². The molecule has 17 nitrogen and oxygen atoms in total. The van der Waals surface area contributed by atoms with Gasteiger partial charge in [0.1, 0.15) is 18.2 Å². The van der Waals surface area contributed by atoms with Crippen LogP contribution in [-0.4, -0.2) is 156 Å². The Morgan fingerprint density at radius 2 is 1.49 bits per heavy atom. The number of piperidine rings is 1. The number of aliphatic hydroxyl groups is 1. The summed E-state index contributed by atoms with van der Waals surface area (Å²) in [5, 5.41) is 17.8. The molecule has 0 spiro atoms. The molecule has 3 aromatic heterocycles. The van der Waals surface area contributed by atoms with Gasteiger partial charge in [-0.25, -0.2) is 14.8 Å². The maximum absolute atomic E-state index is 10.9. The molecule has 0 aliphatic carbocycles. The summed E-state index contributed by atoms with van der Waals surface area (Å²) in [6.45, 7) is 10.5. The van der Waals surface area contributed by atoms with Gasteiger partial charge in [0.05, 0.1) is 106 Å². The number of pyridine rings is 1. The first kappa shape index (κ1) is 45.8. The van der Waals surface area contributed by atoms with Gasteiger partial charge in [-0.2, -0.15) is 9.61 Å². The highest BCUT2D eigenvalue weighted by Crippen LogP contribution is 2.29. The van der Waals surface area contributed by atoms with E-state index >= 15 is 0 Å². The Hall–Kier alpha value is -3.94. The van der Waals surface area contributed by atoms with Gasteiger partial charge in [-0.3, -0.25) is 0 Å². The summed E-state index contributed by atoms with van der Waals surface area (Å²) in [5.41, 5.74) is 2.96. The van der Waals surface area contributed by atoms with Crippen molar-refractivity contribution in [3.05, 3.63) is 53.9 Å². The molecule has 1 fully saturated rings. The van der Waals surface area contributed by atoms with Gasteiger partial charge in [-0.05, 0) is 37.7 Å². The lowest BCUT2D eigenvalue weighted by Gasteiger charge is -2.36. The molecule has 0 radical (unpaired) electrons. The Bertz CT molecular complexity index is 1540. The van der Waals surface area contributed by atoms with Crippen molar-refractivity contribution in [2.45, 2.75) is 51.6 Å². The average Bonchev–Trinajstić information content (AvgIpc) is 3.66.